The molecule has 7 heteroatoms. The quantitative estimate of drug-likeness (QED) is 0.879. The van der Waals surface area contributed by atoms with Crippen LogP contribution < -0.4 is 5.73 Å². The fourth-order valence-electron chi connectivity index (χ4n) is 1.58. The van der Waals surface area contributed by atoms with Crippen LogP contribution in [0.3, 0.4) is 0 Å². The first-order valence-electron chi connectivity index (χ1n) is 5.84. The lowest BCUT2D eigenvalue weighted by atomic mass is 10.1. The van der Waals surface area contributed by atoms with Gasteiger partial charge in [0.05, 0.1) is 12.7 Å². The van der Waals surface area contributed by atoms with E-state index in [4.69, 9.17) is 5.73 Å². The third kappa shape index (κ3) is 3.38. The van der Waals surface area contributed by atoms with E-state index in [1.54, 1.807) is 0 Å². The van der Waals surface area contributed by atoms with Crippen LogP contribution in [0.5, 0.6) is 0 Å². The molecule has 21 heavy (non-hydrogen) atoms. The predicted molar refractivity (Wildman–Crippen MR) is 73.2 cm³/mol. The number of nitrogen functional groups attached to an aromatic ring is 1. The average molecular weight is 291 g/mol. The van der Waals surface area contributed by atoms with E-state index in [0.717, 1.165) is 12.1 Å². The standard InChI is InChI=1S/C14H11F2N3O2/c1-21-13(20)8-2-3-11(15)9(4-8)5-12(16)10-6-18-14(17)19-7-10/h2-7H,1H3,(H2,17,18,19)/b12-5-. The number of anilines is 1. The Morgan fingerprint density at radius 2 is 1.95 bits per heavy atom. The van der Waals surface area contributed by atoms with E-state index in [1.165, 1.54) is 31.6 Å². The van der Waals surface area contributed by atoms with Crippen LogP contribution in [0.15, 0.2) is 30.6 Å². The Balaban J connectivity index is 2.39. The first-order valence-corrected chi connectivity index (χ1v) is 5.84. The first kappa shape index (κ1) is 14.6. The van der Waals surface area contributed by atoms with Crippen LogP contribution in [0.1, 0.15) is 21.5 Å². The number of methoxy groups -OCH3 is 1. The molecule has 0 radical (unpaired) electrons. The van der Waals surface area contributed by atoms with E-state index < -0.39 is 17.6 Å². The Bertz CT molecular complexity index is 700. The van der Waals surface area contributed by atoms with Gasteiger partial charge in [-0.2, -0.15) is 0 Å². The third-order valence-electron chi connectivity index (χ3n) is 2.65. The molecule has 0 saturated carbocycles. The Kier molecular flexibility index (Phi) is 4.22. The summed E-state index contributed by atoms with van der Waals surface area (Å²) in [6, 6.07) is 3.51. The molecule has 0 saturated heterocycles. The van der Waals surface area contributed by atoms with Crippen molar-refractivity contribution in [3.8, 4) is 0 Å². The van der Waals surface area contributed by atoms with Crippen LogP contribution in [-0.2, 0) is 4.74 Å². The molecule has 0 aliphatic heterocycles. The number of nitrogens with zero attached hydrogens (tertiary/aromatic N) is 2. The maximum atomic E-state index is 14.0. The van der Waals surface area contributed by atoms with Gasteiger partial charge in [0.25, 0.3) is 0 Å². The largest absolute Gasteiger partial charge is 0.465 e. The smallest absolute Gasteiger partial charge is 0.337 e. The van der Waals surface area contributed by atoms with Gasteiger partial charge < -0.3 is 10.5 Å². The molecule has 0 aliphatic rings. The van der Waals surface area contributed by atoms with Crippen LogP contribution in [0.4, 0.5) is 14.7 Å². The number of aromatic nitrogens is 2. The minimum absolute atomic E-state index is 0.00502. The highest BCUT2D eigenvalue weighted by Crippen LogP contribution is 2.21. The van der Waals surface area contributed by atoms with E-state index in [9.17, 15) is 13.6 Å². The van der Waals surface area contributed by atoms with Crippen molar-refractivity contribution in [2.24, 2.45) is 0 Å². The number of hydrogen-bond acceptors (Lipinski definition) is 5. The molecule has 1 aromatic carbocycles. The number of rotatable bonds is 3. The maximum Gasteiger partial charge on any atom is 0.337 e. The number of halogens is 2. The van der Waals surface area contributed by atoms with Gasteiger partial charge in [-0.05, 0) is 24.3 Å². The molecule has 5 nitrogen and oxygen atoms in total. The van der Waals surface area contributed by atoms with Crippen molar-refractivity contribution in [1.82, 2.24) is 9.97 Å². The third-order valence-corrected chi connectivity index (χ3v) is 2.65. The zero-order valence-corrected chi connectivity index (χ0v) is 11.0. The second-order valence-electron chi connectivity index (χ2n) is 4.05. The van der Waals surface area contributed by atoms with Crippen LogP contribution in [-0.4, -0.2) is 23.0 Å². The monoisotopic (exact) mass is 291 g/mol. The first-order chi connectivity index (χ1) is 10.0. The van der Waals surface area contributed by atoms with Crippen molar-refractivity contribution < 1.29 is 18.3 Å². The summed E-state index contributed by atoms with van der Waals surface area (Å²) in [6.45, 7) is 0. The summed E-state index contributed by atoms with van der Waals surface area (Å²) >= 11 is 0. The molecule has 0 aliphatic carbocycles. The van der Waals surface area contributed by atoms with Gasteiger partial charge in [-0.1, -0.05) is 0 Å². The molecule has 2 N–H and O–H groups in total. The SMILES string of the molecule is COC(=O)c1ccc(F)c(/C=C(\F)c2cnc(N)nc2)c1. The molecule has 2 rings (SSSR count). The summed E-state index contributed by atoms with van der Waals surface area (Å²) in [5.74, 6) is -2.06. The number of benzene rings is 1. The fourth-order valence-corrected chi connectivity index (χ4v) is 1.58. The number of nitrogens with two attached hydrogens (primary N) is 1. The molecule has 0 amide bonds. The molecule has 0 unspecified atom stereocenters. The highest BCUT2D eigenvalue weighted by atomic mass is 19.1. The molecule has 2 aromatic rings. The lowest BCUT2D eigenvalue weighted by Crippen LogP contribution is -2.02. The van der Waals surface area contributed by atoms with Crippen molar-refractivity contribution in [2.45, 2.75) is 0 Å². The molecular weight excluding hydrogens is 280 g/mol. The summed E-state index contributed by atoms with van der Waals surface area (Å²) in [7, 11) is 1.20. The average Bonchev–Trinajstić information content (AvgIpc) is 2.49. The highest BCUT2D eigenvalue weighted by molar-refractivity contribution is 5.90. The number of hydrogen-bond donors (Lipinski definition) is 1. The van der Waals surface area contributed by atoms with Crippen molar-refractivity contribution in [3.63, 3.8) is 0 Å². The van der Waals surface area contributed by atoms with Crippen LogP contribution in [0, 0.1) is 5.82 Å². The molecule has 0 spiro atoms. The normalized spacial score (nSPS) is 11.3. The van der Waals surface area contributed by atoms with Gasteiger partial charge >= 0.3 is 5.97 Å². The van der Waals surface area contributed by atoms with E-state index in [1.807, 2.05) is 0 Å². The van der Waals surface area contributed by atoms with E-state index in [2.05, 4.69) is 14.7 Å². The number of carbonyl (C=O) groups is 1. The van der Waals surface area contributed by atoms with Crippen molar-refractivity contribution in [3.05, 3.63) is 53.1 Å². The lowest BCUT2D eigenvalue weighted by Gasteiger charge is -2.03. The van der Waals surface area contributed by atoms with Gasteiger partial charge in [0.1, 0.15) is 11.6 Å². The Morgan fingerprint density at radius 3 is 2.57 bits per heavy atom. The number of ether oxygens (including phenoxy) is 1. The van der Waals surface area contributed by atoms with Crippen LogP contribution in [0.25, 0.3) is 11.9 Å². The summed E-state index contributed by atoms with van der Waals surface area (Å²) < 4.78 is 32.2. The van der Waals surface area contributed by atoms with Crippen LogP contribution in [0.2, 0.25) is 0 Å². The molecule has 0 bridgehead atoms. The second kappa shape index (κ2) is 6.08. The lowest BCUT2D eigenvalue weighted by molar-refractivity contribution is 0.0600. The Labute approximate surface area is 119 Å². The van der Waals surface area contributed by atoms with Gasteiger partial charge in [-0.3, -0.25) is 0 Å². The van der Waals surface area contributed by atoms with Gasteiger partial charge in [0.15, 0.2) is 0 Å². The summed E-state index contributed by atoms with van der Waals surface area (Å²) in [5.41, 5.74) is 5.37. The zero-order valence-electron chi connectivity index (χ0n) is 11.0. The Hall–Kier alpha value is -2.83. The number of esters is 1. The minimum atomic E-state index is -0.754. The zero-order chi connectivity index (χ0) is 15.4. The molecule has 108 valence electrons. The molecular formula is C14H11F2N3O2. The van der Waals surface area contributed by atoms with Gasteiger partial charge in [-0.25, -0.2) is 23.5 Å². The predicted octanol–water partition coefficient (Wildman–Crippen LogP) is 2.45. The summed E-state index contributed by atoms with van der Waals surface area (Å²) in [4.78, 5) is 18.7. The second-order valence-corrected chi connectivity index (χ2v) is 4.05. The van der Waals surface area contributed by atoms with Crippen molar-refractivity contribution in [1.29, 1.82) is 0 Å². The van der Waals surface area contributed by atoms with Gasteiger partial charge in [0.2, 0.25) is 5.95 Å². The summed E-state index contributed by atoms with van der Waals surface area (Å²) in [5, 5.41) is 0. The van der Waals surface area contributed by atoms with E-state index in [0.29, 0.717) is 0 Å². The van der Waals surface area contributed by atoms with Gasteiger partial charge in [0, 0.05) is 23.5 Å². The van der Waals surface area contributed by atoms with E-state index in [-0.39, 0.29) is 22.6 Å². The topological polar surface area (TPSA) is 78.1 Å². The molecule has 1 heterocycles. The molecule has 0 atom stereocenters. The molecule has 1 aromatic heterocycles. The summed E-state index contributed by atoms with van der Waals surface area (Å²) in [6.07, 6.45) is 3.29. The van der Waals surface area contributed by atoms with Gasteiger partial charge in [-0.15, -0.1) is 0 Å². The van der Waals surface area contributed by atoms with Crippen molar-refractivity contribution in [2.75, 3.05) is 12.8 Å². The Morgan fingerprint density at radius 1 is 1.29 bits per heavy atom. The van der Waals surface area contributed by atoms with Crippen molar-refractivity contribution >= 4 is 23.8 Å². The maximum absolute atomic E-state index is 14.0. The van der Waals surface area contributed by atoms with E-state index >= 15 is 0 Å². The fraction of sp³-hybridized carbons (Fsp3) is 0.0714. The van der Waals surface area contributed by atoms with Crippen LogP contribution >= 0.6 is 0 Å². The minimum Gasteiger partial charge on any atom is -0.465 e. The molecule has 0 fully saturated rings. The number of carbonyl (C=O) groups excluding carboxylic acids is 1. The highest BCUT2D eigenvalue weighted by Gasteiger charge is 2.10.